The summed E-state index contributed by atoms with van der Waals surface area (Å²) in [6.45, 7) is 11.4. The highest BCUT2D eigenvalue weighted by atomic mass is 32.2. The van der Waals surface area contributed by atoms with Crippen LogP contribution in [-0.4, -0.2) is 46.5 Å². The van der Waals surface area contributed by atoms with Crippen molar-refractivity contribution in [2.24, 2.45) is 0 Å². The van der Waals surface area contributed by atoms with Crippen LogP contribution in [0.5, 0.6) is 6.01 Å². The molecule has 12 heteroatoms. The Morgan fingerprint density at radius 3 is 2.63 bits per heavy atom. The predicted molar refractivity (Wildman–Crippen MR) is 155 cm³/mol. The van der Waals surface area contributed by atoms with Gasteiger partial charge in [0.25, 0.3) is 10.0 Å². The van der Waals surface area contributed by atoms with E-state index in [1.165, 1.54) is 6.07 Å². The van der Waals surface area contributed by atoms with E-state index in [0.717, 1.165) is 42.6 Å². The number of nitrogens with zero attached hydrogens (tertiary/aromatic N) is 5. The van der Waals surface area contributed by atoms with E-state index in [2.05, 4.69) is 31.9 Å². The van der Waals surface area contributed by atoms with Crippen molar-refractivity contribution in [2.45, 2.75) is 78.3 Å². The van der Waals surface area contributed by atoms with Gasteiger partial charge in [0.05, 0.1) is 31.1 Å². The zero-order valence-electron chi connectivity index (χ0n) is 24.3. The molecule has 3 heterocycles. The molecule has 1 aromatic carbocycles. The molecule has 0 bridgehead atoms. The third kappa shape index (κ3) is 7.31. The zero-order valence-corrected chi connectivity index (χ0v) is 25.1. The number of hydrogen-bond donors (Lipinski definition) is 1. The van der Waals surface area contributed by atoms with E-state index in [-0.39, 0.29) is 17.4 Å². The SMILES string of the molecule is CCCCc1nc(OCCC)nn1Cc1ccc(-c2ncccc2S(=O)(=O)Nc2onc(C)c2C)c(COCC)c1. The Morgan fingerprint density at radius 1 is 1.10 bits per heavy atom. The van der Waals surface area contributed by atoms with Crippen LogP contribution in [0.1, 0.15) is 68.2 Å². The van der Waals surface area contributed by atoms with Crippen LogP contribution in [0.4, 0.5) is 5.88 Å². The first-order chi connectivity index (χ1) is 19.8. The van der Waals surface area contributed by atoms with Crippen molar-refractivity contribution in [3.63, 3.8) is 0 Å². The summed E-state index contributed by atoms with van der Waals surface area (Å²) in [5, 5.41) is 8.45. The standard InChI is InChI=1S/C29H38N6O5S/c1-6-9-12-26-31-29(39-16-7-2)32-35(26)18-22-13-14-24(23(17-22)19-38-8-3)27-25(11-10-15-30-27)41(36,37)34-28-20(4)21(5)33-40-28/h10-11,13-15,17,34H,6-9,12,16,18-19H2,1-5H3. The van der Waals surface area contributed by atoms with Gasteiger partial charge in [-0.1, -0.05) is 43.6 Å². The van der Waals surface area contributed by atoms with Crippen molar-refractivity contribution in [3.05, 3.63) is 64.7 Å². The number of rotatable bonds is 15. The lowest BCUT2D eigenvalue weighted by atomic mass is 10.0. The maximum Gasteiger partial charge on any atom is 0.335 e. The van der Waals surface area contributed by atoms with Crippen LogP contribution >= 0.6 is 0 Å². The van der Waals surface area contributed by atoms with Gasteiger partial charge in [0.15, 0.2) is 0 Å². The van der Waals surface area contributed by atoms with Crippen molar-refractivity contribution in [3.8, 4) is 17.3 Å². The summed E-state index contributed by atoms with van der Waals surface area (Å²) < 4.78 is 48.1. The van der Waals surface area contributed by atoms with Crippen molar-refractivity contribution in [1.82, 2.24) is 24.9 Å². The second kappa shape index (κ2) is 13.7. The highest BCUT2D eigenvalue weighted by Crippen LogP contribution is 2.31. The monoisotopic (exact) mass is 582 g/mol. The predicted octanol–water partition coefficient (Wildman–Crippen LogP) is 5.46. The number of nitrogens with one attached hydrogen (secondary N) is 1. The van der Waals surface area contributed by atoms with E-state index in [0.29, 0.717) is 48.3 Å². The second-order valence-electron chi connectivity index (χ2n) is 9.73. The topological polar surface area (TPSA) is 134 Å². The van der Waals surface area contributed by atoms with Gasteiger partial charge in [0.1, 0.15) is 10.7 Å². The highest BCUT2D eigenvalue weighted by Gasteiger charge is 2.25. The summed E-state index contributed by atoms with van der Waals surface area (Å²) in [6, 6.07) is 9.34. The van der Waals surface area contributed by atoms with Gasteiger partial charge in [0.2, 0.25) is 5.88 Å². The van der Waals surface area contributed by atoms with Crippen molar-refractivity contribution < 1.29 is 22.4 Å². The molecule has 0 saturated carbocycles. The fourth-order valence-corrected chi connectivity index (χ4v) is 5.45. The first-order valence-corrected chi connectivity index (χ1v) is 15.4. The lowest BCUT2D eigenvalue weighted by Crippen LogP contribution is -2.15. The molecule has 0 radical (unpaired) electrons. The van der Waals surface area contributed by atoms with Crippen molar-refractivity contribution in [2.75, 3.05) is 17.9 Å². The molecule has 41 heavy (non-hydrogen) atoms. The van der Waals surface area contributed by atoms with Crippen LogP contribution < -0.4 is 9.46 Å². The number of aryl methyl sites for hydroxylation is 2. The minimum Gasteiger partial charge on any atom is -0.462 e. The molecule has 220 valence electrons. The maximum absolute atomic E-state index is 13.5. The number of aromatic nitrogens is 5. The lowest BCUT2D eigenvalue weighted by molar-refractivity contribution is 0.134. The van der Waals surface area contributed by atoms with Gasteiger partial charge < -0.3 is 14.0 Å². The smallest absolute Gasteiger partial charge is 0.335 e. The molecule has 0 aliphatic carbocycles. The summed E-state index contributed by atoms with van der Waals surface area (Å²) in [4.78, 5) is 9.11. The third-order valence-electron chi connectivity index (χ3n) is 6.58. The second-order valence-corrected chi connectivity index (χ2v) is 11.4. The van der Waals surface area contributed by atoms with Crippen LogP contribution in [0.2, 0.25) is 0 Å². The van der Waals surface area contributed by atoms with E-state index in [1.54, 1.807) is 26.1 Å². The number of anilines is 1. The molecular formula is C29H38N6O5S. The third-order valence-corrected chi connectivity index (χ3v) is 7.94. The fraction of sp³-hybridized carbons (Fsp3) is 0.448. The normalized spacial score (nSPS) is 11.6. The van der Waals surface area contributed by atoms with Gasteiger partial charge in [-0.3, -0.25) is 4.98 Å². The molecular weight excluding hydrogens is 544 g/mol. The molecule has 1 N–H and O–H groups in total. The minimum atomic E-state index is -4.04. The molecule has 0 aliphatic rings. The number of benzene rings is 1. The van der Waals surface area contributed by atoms with E-state index in [9.17, 15) is 8.42 Å². The van der Waals surface area contributed by atoms with E-state index < -0.39 is 10.0 Å². The summed E-state index contributed by atoms with van der Waals surface area (Å²) >= 11 is 0. The number of sulfonamides is 1. The van der Waals surface area contributed by atoms with Gasteiger partial charge in [-0.25, -0.2) is 17.8 Å². The Balaban J connectivity index is 1.70. The first-order valence-electron chi connectivity index (χ1n) is 13.9. The van der Waals surface area contributed by atoms with Gasteiger partial charge in [-0.15, -0.1) is 5.10 Å². The Bertz CT molecular complexity index is 1560. The molecule has 3 aromatic heterocycles. The molecule has 0 saturated heterocycles. The van der Waals surface area contributed by atoms with Crippen molar-refractivity contribution >= 4 is 15.9 Å². The van der Waals surface area contributed by atoms with Gasteiger partial charge in [0, 0.05) is 30.4 Å². The van der Waals surface area contributed by atoms with E-state index in [4.69, 9.17) is 14.0 Å². The largest absolute Gasteiger partial charge is 0.462 e. The molecule has 4 rings (SSSR count). The minimum absolute atomic E-state index is 0.0230. The first kappa shape index (κ1) is 30.2. The summed E-state index contributed by atoms with van der Waals surface area (Å²) in [7, 11) is -4.04. The van der Waals surface area contributed by atoms with Crippen LogP contribution in [0.3, 0.4) is 0 Å². The quantitative estimate of drug-likeness (QED) is 0.194. The molecule has 0 fully saturated rings. The van der Waals surface area contributed by atoms with Crippen LogP contribution in [-0.2, 0) is 34.3 Å². The number of unbranched alkanes of at least 4 members (excludes halogenated alkanes) is 1. The Morgan fingerprint density at radius 2 is 1.93 bits per heavy atom. The van der Waals surface area contributed by atoms with E-state index in [1.807, 2.05) is 36.7 Å². The molecule has 0 unspecified atom stereocenters. The Labute approximate surface area is 241 Å². The molecule has 4 aromatic rings. The maximum atomic E-state index is 13.5. The van der Waals surface area contributed by atoms with E-state index >= 15 is 0 Å². The lowest BCUT2D eigenvalue weighted by Gasteiger charge is -2.15. The Hall–Kier alpha value is -3.77. The zero-order chi connectivity index (χ0) is 29.4. The number of hydrogen-bond acceptors (Lipinski definition) is 9. The van der Waals surface area contributed by atoms with Crippen LogP contribution in [0.15, 0.2) is 45.9 Å². The van der Waals surface area contributed by atoms with Crippen LogP contribution in [0.25, 0.3) is 11.3 Å². The molecule has 11 nitrogen and oxygen atoms in total. The fourth-order valence-electron chi connectivity index (χ4n) is 4.23. The number of ether oxygens (including phenoxy) is 2. The molecule has 0 aliphatic heterocycles. The average molecular weight is 583 g/mol. The molecule has 0 amide bonds. The average Bonchev–Trinajstić information content (AvgIpc) is 3.50. The molecule has 0 spiro atoms. The number of pyridine rings is 1. The van der Waals surface area contributed by atoms with Crippen LogP contribution in [0, 0.1) is 13.8 Å². The molecule has 0 atom stereocenters. The van der Waals surface area contributed by atoms with Gasteiger partial charge >= 0.3 is 6.01 Å². The van der Waals surface area contributed by atoms with Gasteiger partial charge in [-0.05, 0) is 56.9 Å². The van der Waals surface area contributed by atoms with Crippen molar-refractivity contribution in [1.29, 1.82) is 0 Å². The highest BCUT2D eigenvalue weighted by molar-refractivity contribution is 7.92. The summed E-state index contributed by atoms with van der Waals surface area (Å²) in [6.07, 6.45) is 5.29. The summed E-state index contributed by atoms with van der Waals surface area (Å²) in [5.74, 6) is 0.951. The van der Waals surface area contributed by atoms with Gasteiger partial charge in [-0.2, -0.15) is 4.98 Å². The Kier molecular flexibility index (Phi) is 10.1. The summed E-state index contributed by atoms with van der Waals surface area (Å²) in [5.41, 5.74) is 3.98.